The fraction of sp³-hybridized carbons (Fsp3) is 0.400. The van der Waals surface area contributed by atoms with Crippen LogP contribution in [0, 0.1) is 19.7 Å². The molecule has 2 aromatic heterocycles. The summed E-state index contributed by atoms with van der Waals surface area (Å²) in [4.78, 5) is 35.6. The van der Waals surface area contributed by atoms with E-state index in [1.807, 2.05) is 30.9 Å². The first kappa shape index (κ1) is 21.4. The van der Waals surface area contributed by atoms with Gasteiger partial charge in [0, 0.05) is 37.1 Å². The molecule has 33 heavy (non-hydrogen) atoms. The number of carbonyl (C=O) groups excluding carboxylic acids is 1. The van der Waals surface area contributed by atoms with Crippen molar-refractivity contribution in [3.63, 3.8) is 0 Å². The molecule has 1 saturated heterocycles. The zero-order valence-electron chi connectivity index (χ0n) is 19.0. The highest BCUT2D eigenvalue weighted by atomic mass is 19.1. The molecule has 1 amide bonds. The Balaban J connectivity index is 1.45. The normalized spacial score (nSPS) is 17.8. The first-order valence-electron chi connectivity index (χ1n) is 11.5. The largest absolute Gasteiger partial charge is 0.352 e. The molecule has 0 saturated carbocycles. The molecule has 2 aliphatic rings. The topological polar surface area (TPSA) is 75.1 Å². The summed E-state index contributed by atoms with van der Waals surface area (Å²) in [5.74, 6) is 1.25. The van der Waals surface area contributed by atoms with Gasteiger partial charge in [0.25, 0.3) is 5.91 Å². The van der Waals surface area contributed by atoms with Crippen molar-refractivity contribution >= 4 is 11.7 Å². The quantitative estimate of drug-likeness (QED) is 0.604. The lowest BCUT2D eigenvalue weighted by molar-refractivity contribution is 0.0723. The maximum absolute atomic E-state index is 13.4. The summed E-state index contributed by atoms with van der Waals surface area (Å²) in [6.07, 6.45) is 6.84. The van der Waals surface area contributed by atoms with E-state index in [1.54, 1.807) is 6.20 Å². The second-order valence-electron chi connectivity index (χ2n) is 8.82. The van der Waals surface area contributed by atoms with Gasteiger partial charge in [-0.3, -0.25) is 9.78 Å². The Morgan fingerprint density at radius 2 is 1.88 bits per heavy atom. The highest BCUT2D eigenvalue weighted by Gasteiger charge is 2.35. The zero-order chi connectivity index (χ0) is 22.9. The van der Waals surface area contributed by atoms with Crippen molar-refractivity contribution in [3.05, 3.63) is 76.5 Å². The number of amides is 1. The van der Waals surface area contributed by atoms with Crippen molar-refractivity contribution < 1.29 is 9.18 Å². The van der Waals surface area contributed by atoms with Gasteiger partial charge in [0.05, 0.1) is 17.9 Å². The average Bonchev–Trinajstić information content (AvgIpc) is 3.31. The monoisotopic (exact) mass is 446 g/mol. The molecule has 4 heterocycles. The first-order chi connectivity index (χ1) is 16.0. The maximum Gasteiger partial charge on any atom is 0.274 e. The molecule has 1 atom stereocenters. The highest BCUT2D eigenvalue weighted by Crippen LogP contribution is 2.35. The molecule has 0 N–H and O–H groups in total. The number of carbonyl (C=O) groups is 1. The second-order valence-corrected chi connectivity index (χ2v) is 8.82. The molecule has 8 heteroatoms. The van der Waals surface area contributed by atoms with Crippen LogP contribution in [0.5, 0.6) is 0 Å². The number of aromatic nitrogens is 4. The summed E-state index contributed by atoms with van der Waals surface area (Å²) >= 11 is 0. The molecular weight excluding hydrogens is 419 g/mol. The summed E-state index contributed by atoms with van der Waals surface area (Å²) in [7, 11) is 0. The van der Waals surface area contributed by atoms with E-state index in [2.05, 4.69) is 14.9 Å². The van der Waals surface area contributed by atoms with Crippen LogP contribution in [0.25, 0.3) is 0 Å². The van der Waals surface area contributed by atoms with Gasteiger partial charge in [-0.15, -0.1) is 0 Å². The standard InChI is InChI=1S/C25H27FN6O/c1-16-13-28-21(14-27-16)25(33)32-12-4-6-22(32)23-29-17(2)20-5-3-11-31(24(20)30-23)15-18-7-9-19(26)10-8-18/h7-10,13-14,22H,3-6,11-12,15H2,1-2H3/t22-/m1/s1. The van der Waals surface area contributed by atoms with E-state index in [0.717, 1.165) is 60.6 Å². The molecule has 2 aliphatic heterocycles. The molecule has 170 valence electrons. The van der Waals surface area contributed by atoms with Gasteiger partial charge >= 0.3 is 0 Å². The molecule has 0 aliphatic carbocycles. The van der Waals surface area contributed by atoms with Crippen LogP contribution >= 0.6 is 0 Å². The Kier molecular flexibility index (Phi) is 5.74. The van der Waals surface area contributed by atoms with Crippen LogP contribution in [0.15, 0.2) is 36.7 Å². The van der Waals surface area contributed by atoms with E-state index >= 15 is 0 Å². The third kappa shape index (κ3) is 4.29. The fourth-order valence-corrected chi connectivity index (χ4v) is 4.75. The average molecular weight is 447 g/mol. The van der Waals surface area contributed by atoms with Crippen molar-refractivity contribution in [1.29, 1.82) is 0 Å². The number of hydrogen-bond acceptors (Lipinski definition) is 6. The number of nitrogens with zero attached hydrogens (tertiary/aromatic N) is 6. The Bertz CT molecular complexity index is 1160. The molecule has 0 radical (unpaired) electrons. The van der Waals surface area contributed by atoms with Crippen molar-refractivity contribution in [2.45, 2.75) is 52.1 Å². The summed E-state index contributed by atoms with van der Waals surface area (Å²) in [5, 5.41) is 0. The van der Waals surface area contributed by atoms with Crippen molar-refractivity contribution in [2.24, 2.45) is 0 Å². The van der Waals surface area contributed by atoms with Crippen molar-refractivity contribution in [3.8, 4) is 0 Å². The number of fused-ring (bicyclic) bond motifs is 1. The lowest BCUT2D eigenvalue weighted by atomic mass is 10.0. The predicted octanol–water partition coefficient (Wildman–Crippen LogP) is 3.95. The Labute approximate surface area is 192 Å². The van der Waals surface area contributed by atoms with Gasteiger partial charge in [-0.25, -0.2) is 19.3 Å². The SMILES string of the molecule is Cc1cnc(C(=O)N2CCC[C@@H]2c2nc(C)c3c(n2)N(Cc2ccc(F)cc2)CCC3)cn1. The van der Waals surface area contributed by atoms with Crippen molar-refractivity contribution in [1.82, 2.24) is 24.8 Å². The maximum atomic E-state index is 13.4. The fourth-order valence-electron chi connectivity index (χ4n) is 4.75. The Hall–Kier alpha value is -3.42. The minimum absolute atomic E-state index is 0.132. The van der Waals surface area contributed by atoms with Crippen LogP contribution in [0.4, 0.5) is 10.2 Å². The van der Waals surface area contributed by atoms with Gasteiger partial charge in [0.2, 0.25) is 0 Å². The summed E-state index contributed by atoms with van der Waals surface area (Å²) in [5.41, 5.74) is 4.29. The van der Waals surface area contributed by atoms with E-state index in [0.29, 0.717) is 24.6 Å². The lowest BCUT2D eigenvalue weighted by Crippen LogP contribution is -2.34. The predicted molar refractivity (Wildman–Crippen MR) is 122 cm³/mol. The smallest absolute Gasteiger partial charge is 0.274 e. The van der Waals surface area contributed by atoms with Gasteiger partial charge in [0.1, 0.15) is 17.3 Å². The van der Waals surface area contributed by atoms with Crippen LogP contribution in [-0.2, 0) is 13.0 Å². The van der Waals surface area contributed by atoms with E-state index in [9.17, 15) is 9.18 Å². The Morgan fingerprint density at radius 3 is 2.64 bits per heavy atom. The molecule has 0 bridgehead atoms. The summed E-state index contributed by atoms with van der Waals surface area (Å²) < 4.78 is 13.4. The first-order valence-corrected chi connectivity index (χ1v) is 11.5. The van der Waals surface area contributed by atoms with Crippen LogP contribution in [0.3, 0.4) is 0 Å². The van der Waals surface area contributed by atoms with Crippen LogP contribution in [0.2, 0.25) is 0 Å². The van der Waals surface area contributed by atoms with Gasteiger partial charge < -0.3 is 9.80 Å². The number of rotatable bonds is 4. The number of anilines is 1. The highest BCUT2D eigenvalue weighted by molar-refractivity contribution is 5.92. The number of hydrogen-bond donors (Lipinski definition) is 0. The van der Waals surface area contributed by atoms with E-state index in [1.165, 1.54) is 18.3 Å². The summed E-state index contributed by atoms with van der Waals surface area (Å²) in [6, 6.07) is 6.44. The van der Waals surface area contributed by atoms with Gasteiger partial charge in [0.15, 0.2) is 5.82 Å². The third-order valence-electron chi connectivity index (χ3n) is 6.46. The van der Waals surface area contributed by atoms with Gasteiger partial charge in [-0.05, 0) is 57.2 Å². The zero-order valence-corrected chi connectivity index (χ0v) is 19.0. The minimum atomic E-state index is -0.234. The van der Waals surface area contributed by atoms with Gasteiger partial charge in [-0.2, -0.15) is 0 Å². The Morgan fingerprint density at radius 1 is 1.06 bits per heavy atom. The molecule has 7 nitrogen and oxygen atoms in total. The van der Waals surface area contributed by atoms with E-state index < -0.39 is 0 Å². The van der Waals surface area contributed by atoms with Crippen LogP contribution in [0.1, 0.15) is 64.1 Å². The molecule has 3 aromatic rings. The molecule has 1 aromatic carbocycles. The second kappa shape index (κ2) is 8.84. The van der Waals surface area contributed by atoms with E-state index in [-0.39, 0.29) is 17.8 Å². The van der Waals surface area contributed by atoms with Crippen LogP contribution < -0.4 is 4.90 Å². The van der Waals surface area contributed by atoms with Gasteiger partial charge in [-0.1, -0.05) is 12.1 Å². The molecule has 0 spiro atoms. The molecule has 0 unspecified atom stereocenters. The van der Waals surface area contributed by atoms with Crippen LogP contribution in [-0.4, -0.2) is 43.8 Å². The molecular formula is C25H27FN6O. The number of halogens is 1. The summed E-state index contributed by atoms with van der Waals surface area (Å²) in [6.45, 7) is 6.07. The number of benzene rings is 1. The van der Waals surface area contributed by atoms with E-state index in [4.69, 9.17) is 9.97 Å². The lowest BCUT2D eigenvalue weighted by Gasteiger charge is -2.32. The number of aryl methyl sites for hydroxylation is 2. The molecule has 1 fully saturated rings. The number of likely N-dealkylation sites (tertiary alicyclic amines) is 1. The minimum Gasteiger partial charge on any atom is -0.352 e. The molecule has 5 rings (SSSR count). The third-order valence-corrected chi connectivity index (χ3v) is 6.46. The van der Waals surface area contributed by atoms with Crippen molar-refractivity contribution in [2.75, 3.05) is 18.0 Å².